The number of pyridine rings is 1. The van der Waals surface area contributed by atoms with Crippen molar-refractivity contribution in [3.8, 4) is 5.82 Å². The number of amides is 4. The third kappa shape index (κ3) is 3.50. The molecule has 3 fully saturated rings. The van der Waals surface area contributed by atoms with E-state index in [0.29, 0.717) is 19.4 Å². The largest absolute Gasteiger partial charge is 0.333 e. The summed E-state index contributed by atoms with van der Waals surface area (Å²) in [7, 11) is 1.70. The summed E-state index contributed by atoms with van der Waals surface area (Å²) in [4.78, 5) is 53.1. The molecule has 9 nitrogen and oxygen atoms in total. The van der Waals surface area contributed by atoms with Crippen molar-refractivity contribution in [2.24, 2.45) is 0 Å². The van der Waals surface area contributed by atoms with E-state index in [2.05, 4.69) is 4.98 Å². The highest BCUT2D eigenvalue weighted by molar-refractivity contribution is 6.09. The maximum atomic E-state index is 13.3. The zero-order valence-corrected chi connectivity index (χ0v) is 19.2. The Labute approximate surface area is 193 Å². The summed E-state index contributed by atoms with van der Waals surface area (Å²) in [5, 5.41) is 0. The van der Waals surface area contributed by atoms with Gasteiger partial charge in [0.25, 0.3) is 5.91 Å². The second kappa shape index (κ2) is 8.28. The van der Waals surface area contributed by atoms with Gasteiger partial charge in [0.15, 0.2) is 0 Å². The molecule has 2 aromatic heterocycles. The Balaban J connectivity index is 1.35. The van der Waals surface area contributed by atoms with E-state index in [-0.39, 0.29) is 30.4 Å². The Hall–Kier alpha value is -3.23. The average molecular weight is 451 g/mol. The Bertz CT molecular complexity index is 1090. The quantitative estimate of drug-likeness (QED) is 0.668. The van der Waals surface area contributed by atoms with Crippen LogP contribution < -0.4 is 0 Å². The summed E-state index contributed by atoms with van der Waals surface area (Å²) in [5.74, 6) is 1.18. The van der Waals surface area contributed by atoms with Gasteiger partial charge in [0.1, 0.15) is 23.7 Å². The van der Waals surface area contributed by atoms with Crippen molar-refractivity contribution < 1.29 is 14.4 Å². The van der Waals surface area contributed by atoms with Crippen LogP contribution in [0, 0.1) is 6.92 Å². The summed E-state index contributed by atoms with van der Waals surface area (Å²) in [6, 6.07) is 5.26. The first-order chi connectivity index (χ1) is 15.9. The number of aryl methyl sites for hydroxylation is 1. The Morgan fingerprint density at radius 2 is 1.94 bits per heavy atom. The molecular formula is C24H30N6O3. The van der Waals surface area contributed by atoms with E-state index in [4.69, 9.17) is 4.98 Å². The molecule has 33 heavy (non-hydrogen) atoms. The number of imidazole rings is 1. The van der Waals surface area contributed by atoms with Gasteiger partial charge in [0, 0.05) is 26.0 Å². The van der Waals surface area contributed by atoms with Crippen molar-refractivity contribution in [2.45, 2.75) is 63.5 Å². The van der Waals surface area contributed by atoms with Gasteiger partial charge in [0.2, 0.25) is 5.91 Å². The van der Waals surface area contributed by atoms with Crippen LogP contribution in [0.5, 0.6) is 0 Å². The van der Waals surface area contributed by atoms with Crippen LogP contribution in [0.3, 0.4) is 0 Å². The van der Waals surface area contributed by atoms with E-state index in [1.54, 1.807) is 23.0 Å². The predicted molar refractivity (Wildman–Crippen MR) is 120 cm³/mol. The van der Waals surface area contributed by atoms with Gasteiger partial charge in [-0.05, 0) is 44.7 Å². The molecule has 3 aliphatic rings. The molecule has 1 saturated carbocycles. The summed E-state index contributed by atoms with van der Waals surface area (Å²) < 4.78 is 1.91. The van der Waals surface area contributed by atoms with Gasteiger partial charge in [0.05, 0.1) is 11.7 Å². The third-order valence-electron chi connectivity index (χ3n) is 7.52. The van der Waals surface area contributed by atoms with Crippen LogP contribution in [-0.4, -0.2) is 72.8 Å². The van der Waals surface area contributed by atoms with Crippen molar-refractivity contribution in [3.63, 3.8) is 0 Å². The number of hydrogen-bond acceptors (Lipinski definition) is 5. The Kier molecular flexibility index (Phi) is 5.42. The van der Waals surface area contributed by atoms with Gasteiger partial charge in [-0.3, -0.25) is 19.1 Å². The van der Waals surface area contributed by atoms with Gasteiger partial charge < -0.3 is 9.80 Å². The van der Waals surface area contributed by atoms with Gasteiger partial charge in [-0.25, -0.2) is 14.8 Å². The lowest BCUT2D eigenvalue weighted by Crippen LogP contribution is -2.49. The first-order valence-electron chi connectivity index (χ1n) is 11.8. The lowest BCUT2D eigenvalue weighted by atomic mass is 9.81. The molecule has 1 spiro atoms. The zero-order valence-electron chi connectivity index (χ0n) is 19.2. The summed E-state index contributed by atoms with van der Waals surface area (Å²) in [6.07, 6.45) is 9.54. The molecular weight excluding hydrogens is 420 g/mol. The van der Waals surface area contributed by atoms with E-state index in [9.17, 15) is 14.4 Å². The second-order valence-corrected chi connectivity index (χ2v) is 9.34. The normalized spacial score (nSPS) is 22.6. The number of urea groups is 1. The number of likely N-dealkylation sites (N-methyl/N-ethyl adjacent to an activating group) is 1. The second-order valence-electron chi connectivity index (χ2n) is 9.34. The molecule has 0 N–H and O–H groups in total. The number of hydrogen-bond donors (Lipinski definition) is 0. The third-order valence-corrected chi connectivity index (χ3v) is 7.52. The number of nitrogens with zero attached hydrogens (tertiary/aromatic N) is 6. The summed E-state index contributed by atoms with van der Waals surface area (Å²) >= 11 is 0. The average Bonchev–Trinajstić information content (AvgIpc) is 3.53. The van der Waals surface area contributed by atoms with E-state index < -0.39 is 5.54 Å². The number of aromatic nitrogens is 3. The molecule has 0 bridgehead atoms. The van der Waals surface area contributed by atoms with Gasteiger partial charge >= 0.3 is 6.03 Å². The molecule has 1 atom stereocenters. The first-order valence-corrected chi connectivity index (χ1v) is 11.8. The van der Waals surface area contributed by atoms with Crippen molar-refractivity contribution in [3.05, 3.63) is 42.1 Å². The molecule has 1 aliphatic carbocycles. The monoisotopic (exact) mass is 450 g/mol. The molecule has 4 heterocycles. The summed E-state index contributed by atoms with van der Waals surface area (Å²) in [6.45, 7) is 2.30. The standard InChI is InChI=1S/C24H30N6O3/c1-17-25-13-15-28(17)20-10-6-8-18(26-20)19-9-7-14-29(19)21(31)16-30-22(32)24(27(2)23(30)33)11-4-3-5-12-24/h6,8,10,13,15,19H,3-5,7,9,11-12,14,16H2,1-2H3/t19-/m1/s1. The maximum Gasteiger partial charge on any atom is 0.327 e. The van der Waals surface area contributed by atoms with Crippen molar-refractivity contribution >= 4 is 17.8 Å². The molecule has 0 radical (unpaired) electrons. The molecule has 5 rings (SSSR count). The highest BCUT2D eigenvalue weighted by atomic mass is 16.2. The molecule has 0 unspecified atom stereocenters. The van der Waals surface area contributed by atoms with Crippen molar-refractivity contribution in [2.75, 3.05) is 20.1 Å². The van der Waals surface area contributed by atoms with Crippen LogP contribution in [0.4, 0.5) is 4.79 Å². The number of imide groups is 1. The number of likely N-dealkylation sites (tertiary alicyclic amines) is 1. The Morgan fingerprint density at radius 3 is 2.67 bits per heavy atom. The highest BCUT2D eigenvalue weighted by Crippen LogP contribution is 2.40. The van der Waals surface area contributed by atoms with E-state index in [1.165, 1.54) is 4.90 Å². The van der Waals surface area contributed by atoms with Crippen LogP contribution in [-0.2, 0) is 9.59 Å². The van der Waals surface area contributed by atoms with E-state index in [0.717, 1.165) is 49.4 Å². The molecule has 2 saturated heterocycles. The smallest absolute Gasteiger partial charge is 0.327 e. The van der Waals surface area contributed by atoms with Crippen LogP contribution in [0.2, 0.25) is 0 Å². The van der Waals surface area contributed by atoms with Crippen LogP contribution in [0.15, 0.2) is 30.6 Å². The highest BCUT2D eigenvalue weighted by Gasteiger charge is 2.56. The van der Waals surface area contributed by atoms with Crippen LogP contribution >= 0.6 is 0 Å². The van der Waals surface area contributed by atoms with E-state index >= 15 is 0 Å². The molecule has 174 valence electrons. The predicted octanol–water partition coefficient (Wildman–Crippen LogP) is 2.84. The molecule has 2 aliphatic heterocycles. The van der Waals surface area contributed by atoms with Crippen molar-refractivity contribution in [1.82, 2.24) is 29.2 Å². The van der Waals surface area contributed by atoms with Gasteiger partial charge in [-0.1, -0.05) is 25.3 Å². The lowest BCUT2D eigenvalue weighted by molar-refractivity contribution is -0.141. The molecule has 0 aromatic carbocycles. The van der Waals surface area contributed by atoms with Crippen LogP contribution in [0.25, 0.3) is 5.82 Å². The SMILES string of the molecule is Cc1nccn1-c1cccc([C@H]2CCCN2C(=O)CN2C(=O)N(C)C3(CCCCC3)C2=O)n1. The first kappa shape index (κ1) is 21.6. The lowest BCUT2D eigenvalue weighted by Gasteiger charge is -2.35. The number of carbonyl (C=O) groups excluding carboxylic acids is 3. The van der Waals surface area contributed by atoms with Gasteiger partial charge in [-0.15, -0.1) is 0 Å². The van der Waals surface area contributed by atoms with Crippen LogP contribution in [0.1, 0.15) is 62.5 Å². The fraction of sp³-hybridized carbons (Fsp3) is 0.542. The fourth-order valence-corrected chi connectivity index (χ4v) is 5.65. The van der Waals surface area contributed by atoms with Gasteiger partial charge in [-0.2, -0.15) is 0 Å². The minimum Gasteiger partial charge on any atom is -0.333 e. The summed E-state index contributed by atoms with van der Waals surface area (Å²) in [5.41, 5.74) is 0.0462. The maximum absolute atomic E-state index is 13.3. The molecule has 4 amide bonds. The van der Waals surface area contributed by atoms with Crippen molar-refractivity contribution in [1.29, 1.82) is 0 Å². The number of rotatable bonds is 4. The minimum atomic E-state index is -0.765. The number of carbonyl (C=O) groups is 3. The topological polar surface area (TPSA) is 91.6 Å². The Morgan fingerprint density at radius 1 is 1.15 bits per heavy atom. The molecule has 2 aromatic rings. The fourth-order valence-electron chi connectivity index (χ4n) is 5.65. The zero-order chi connectivity index (χ0) is 23.2. The molecule has 9 heteroatoms. The van der Waals surface area contributed by atoms with E-state index in [1.807, 2.05) is 35.9 Å². The minimum absolute atomic E-state index is 0.171.